The molecule has 1 amide bonds. The van der Waals surface area contributed by atoms with Crippen LogP contribution in [-0.4, -0.2) is 57.8 Å². The SMILES string of the molecule is CC(C)(C)OC(=O)N1CCN(Cc2nc(C(N)O)cs2)CC1. The summed E-state index contributed by atoms with van der Waals surface area (Å²) >= 11 is 1.49. The number of hydrogen-bond acceptors (Lipinski definition) is 7. The van der Waals surface area contributed by atoms with Gasteiger partial charge in [0.15, 0.2) is 0 Å². The number of aliphatic hydroxyl groups is 1. The van der Waals surface area contributed by atoms with Gasteiger partial charge in [0.1, 0.15) is 16.8 Å². The molecule has 1 aliphatic rings. The first-order chi connectivity index (χ1) is 10.2. The van der Waals surface area contributed by atoms with Gasteiger partial charge >= 0.3 is 6.09 Å². The van der Waals surface area contributed by atoms with Crippen molar-refractivity contribution < 1.29 is 14.6 Å². The summed E-state index contributed by atoms with van der Waals surface area (Å²) in [5, 5.41) is 12.0. The van der Waals surface area contributed by atoms with Gasteiger partial charge in [-0.1, -0.05) is 0 Å². The van der Waals surface area contributed by atoms with E-state index in [9.17, 15) is 9.90 Å². The van der Waals surface area contributed by atoms with Gasteiger partial charge in [0.05, 0.1) is 12.2 Å². The maximum Gasteiger partial charge on any atom is 0.410 e. The minimum Gasteiger partial charge on any atom is -0.444 e. The molecule has 1 fully saturated rings. The molecule has 1 aromatic rings. The Morgan fingerprint density at radius 2 is 2.09 bits per heavy atom. The van der Waals surface area contributed by atoms with E-state index in [2.05, 4.69) is 9.88 Å². The smallest absolute Gasteiger partial charge is 0.410 e. The first kappa shape index (κ1) is 17.1. The van der Waals surface area contributed by atoms with E-state index in [0.717, 1.165) is 18.1 Å². The third kappa shape index (κ3) is 4.91. The molecular weight excluding hydrogens is 304 g/mol. The zero-order valence-electron chi connectivity index (χ0n) is 13.3. The fourth-order valence-electron chi connectivity index (χ4n) is 2.14. The van der Waals surface area contributed by atoms with Crippen molar-refractivity contribution in [2.45, 2.75) is 39.1 Å². The molecule has 0 spiro atoms. The highest BCUT2D eigenvalue weighted by Crippen LogP contribution is 2.17. The van der Waals surface area contributed by atoms with Crippen LogP contribution in [0, 0.1) is 0 Å². The Hall–Kier alpha value is -1.22. The van der Waals surface area contributed by atoms with Crippen molar-refractivity contribution >= 4 is 17.4 Å². The fraction of sp³-hybridized carbons (Fsp3) is 0.714. The molecule has 0 bridgehead atoms. The zero-order valence-corrected chi connectivity index (χ0v) is 14.1. The van der Waals surface area contributed by atoms with Gasteiger partial charge in [-0.3, -0.25) is 4.90 Å². The molecule has 22 heavy (non-hydrogen) atoms. The van der Waals surface area contributed by atoms with Crippen LogP contribution in [0.25, 0.3) is 0 Å². The highest BCUT2D eigenvalue weighted by Gasteiger charge is 2.26. The number of piperazine rings is 1. The van der Waals surface area contributed by atoms with Gasteiger partial charge in [-0.05, 0) is 20.8 Å². The van der Waals surface area contributed by atoms with Gasteiger partial charge in [-0.25, -0.2) is 9.78 Å². The number of carbonyl (C=O) groups excluding carboxylic acids is 1. The summed E-state index contributed by atoms with van der Waals surface area (Å²) in [6.07, 6.45) is -1.27. The fourth-order valence-corrected chi connectivity index (χ4v) is 3.00. The second kappa shape index (κ2) is 6.91. The first-order valence-corrected chi connectivity index (χ1v) is 8.21. The van der Waals surface area contributed by atoms with E-state index in [4.69, 9.17) is 10.5 Å². The average Bonchev–Trinajstić information content (AvgIpc) is 2.86. The van der Waals surface area contributed by atoms with Crippen LogP contribution in [0.3, 0.4) is 0 Å². The molecule has 0 saturated carbocycles. The van der Waals surface area contributed by atoms with Crippen LogP contribution in [0.15, 0.2) is 5.38 Å². The number of nitrogens with two attached hydrogens (primary N) is 1. The number of nitrogens with zero attached hydrogens (tertiary/aromatic N) is 3. The molecule has 8 heteroatoms. The Kier molecular flexibility index (Phi) is 5.38. The third-order valence-electron chi connectivity index (χ3n) is 3.26. The third-order valence-corrected chi connectivity index (χ3v) is 4.11. The van der Waals surface area contributed by atoms with E-state index in [-0.39, 0.29) is 6.09 Å². The Balaban J connectivity index is 1.80. The van der Waals surface area contributed by atoms with Crippen LogP contribution in [0.4, 0.5) is 4.79 Å². The molecule has 3 N–H and O–H groups in total. The van der Waals surface area contributed by atoms with Gasteiger partial charge in [0.25, 0.3) is 0 Å². The summed E-state index contributed by atoms with van der Waals surface area (Å²) in [6.45, 7) is 9.16. The van der Waals surface area contributed by atoms with Crippen molar-refractivity contribution in [1.82, 2.24) is 14.8 Å². The van der Waals surface area contributed by atoms with E-state index < -0.39 is 11.8 Å². The van der Waals surface area contributed by atoms with Crippen molar-refractivity contribution in [3.8, 4) is 0 Å². The van der Waals surface area contributed by atoms with Crippen LogP contribution in [0.2, 0.25) is 0 Å². The van der Waals surface area contributed by atoms with E-state index in [0.29, 0.717) is 25.3 Å². The van der Waals surface area contributed by atoms with E-state index in [1.54, 1.807) is 10.3 Å². The first-order valence-electron chi connectivity index (χ1n) is 7.33. The van der Waals surface area contributed by atoms with Crippen molar-refractivity contribution in [2.75, 3.05) is 26.2 Å². The average molecular weight is 328 g/mol. The van der Waals surface area contributed by atoms with Gasteiger partial charge in [-0.2, -0.15) is 0 Å². The monoisotopic (exact) mass is 328 g/mol. The molecule has 2 heterocycles. The van der Waals surface area contributed by atoms with E-state index in [1.807, 2.05) is 20.8 Å². The number of rotatable bonds is 3. The molecule has 0 radical (unpaired) electrons. The van der Waals surface area contributed by atoms with Crippen LogP contribution in [-0.2, 0) is 11.3 Å². The zero-order chi connectivity index (χ0) is 16.3. The molecule has 1 unspecified atom stereocenters. The highest BCUT2D eigenvalue weighted by molar-refractivity contribution is 7.09. The van der Waals surface area contributed by atoms with Crippen LogP contribution < -0.4 is 5.73 Å². The Morgan fingerprint density at radius 1 is 1.45 bits per heavy atom. The molecule has 2 rings (SSSR count). The van der Waals surface area contributed by atoms with Crippen molar-refractivity contribution in [2.24, 2.45) is 5.73 Å². The second-order valence-corrected chi connectivity index (χ2v) is 7.30. The van der Waals surface area contributed by atoms with Crippen molar-refractivity contribution in [3.05, 3.63) is 16.1 Å². The number of hydrogen-bond donors (Lipinski definition) is 2. The lowest BCUT2D eigenvalue weighted by Crippen LogP contribution is -2.49. The van der Waals surface area contributed by atoms with Crippen molar-refractivity contribution in [3.63, 3.8) is 0 Å². The molecule has 1 saturated heterocycles. The lowest BCUT2D eigenvalue weighted by Gasteiger charge is -2.35. The number of aromatic nitrogens is 1. The Morgan fingerprint density at radius 3 is 2.59 bits per heavy atom. The number of ether oxygens (including phenoxy) is 1. The standard InChI is InChI=1S/C14H24N4O3S/c1-14(2,3)21-13(20)18-6-4-17(5-7-18)8-11-16-10(9-22-11)12(15)19/h9,12,19H,4-8,15H2,1-3H3. The maximum absolute atomic E-state index is 12.0. The maximum atomic E-state index is 12.0. The number of thiazole rings is 1. The van der Waals surface area contributed by atoms with Crippen LogP contribution in [0.1, 0.15) is 37.7 Å². The second-order valence-electron chi connectivity index (χ2n) is 6.35. The van der Waals surface area contributed by atoms with Gasteiger partial charge in [0, 0.05) is 31.6 Å². The Labute approximate surface area is 134 Å². The van der Waals surface area contributed by atoms with Crippen LogP contribution in [0.5, 0.6) is 0 Å². The summed E-state index contributed by atoms with van der Waals surface area (Å²) < 4.78 is 5.38. The molecule has 1 atom stereocenters. The summed E-state index contributed by atoms with van der Waals surface area (Å²) in [7, 11) is 0. The minimum absolute atomic E-state index is 0.255. The number of aliphatic hydroxyl groups excluding tert-OH is 1. The molecule has 0 aliphatic carbocycles. The molecule has 7 nitrogen and oxygen atoms in total. The minimum atomic E-state index is -1.02. The Bertz CT molecular complexity index is 504. The predicted octanol–water partition coefficient (Wildman–Crippen LogP) is 1.15. The topological polar surface area (TPSA) is 91.9 Å². The largest absolute Gasteiger partial charge is 0.444 e. The van der Waals surface area contributed by atoms with Gasteiger partial charge in [0.2, 0.25) is 0 Å². The van der Waals surface area contributed by atoms with Crippen LogP contribution >= 0.6 is 11.3 Å². The normalized spacial score (nSPS) is 18.3. The quantitative estimate of drug-likeness (QED) is 0.809. The van der Waals surface area contributed by atoms with Gasteiger partial charge < -0.3 is 20.5 Å². The summed E-state index contributed by atoms with van der Waals surface area (Å²) in [5.74, 6) is 0. The number of amides is 1. The summed E-state index contributed by atoms with van der Waals surface area (Å²) in [4.78, 5) is 20.3. The molecule has 1 aromatic heterocycles. The predicted molar refractivity (Wildman–Crippen MR) is 84.3 cm³/mol. The lowest BCUT2D eigenvalue weighted by atomic mass is 10.2. The summed E-state index contributed by atoms with van der Waals surface area (Å²) in [5.41, 5.74) is 5.43. The molecule has 1 aliphatic heterocycles. The lowest BCUT2D eigenvalue weighted by molar-refractivity contribution is 0.0139. The summed E-state index contributed by atoms with van der Waals surface area (Å²) in [6, 6.07) is 0. The van der Waals surface area contributed by atoms with E-state index >= 15 is 0 Å². The molecular formula is C14H24N4O3S. The molecule has 124 valence electrons. The van der Waals surface area contributed by atoms with Crippen molar-refractivity contribution in [1.29, 1.82) is 0 Å². The van der Waals surface area contributed by atoms with E-state index in [1.165, 1.54) is 11.3 Å². The van der Waals surface area contributed by atoms with Gasteiger partial charge in [-0.15, -0.1) is 11.3 Å². The highest BCUT2D eigenvalue weighted by atomic mass is 32.1. The molecule has 0 aromatic carbocycles. The number of carbonyl (C=O) groups is 1.